The number of nitrogens with two attached hydrogens (primary N) is 1. The lowest BCUT2D eigenvalue weighted by Crippen LogP contribution is -2.06. The normalized spacial score (nSPS) is 10.5. The van der Waals surface area contributed by atoms with Crippen molar-refractivity contribution in [3.05, 3.63) is 18.5 Å². The van der Waals surface area contributed by atoms with Crippen LogP contribution in [-0.2, 0) is 0 Å². The number of rotatable bonds is 4. The first-order valence-electron chi connectivity index (χ1n) is 5.76. The number of nitrogens with zero attached hydrogens (tertiary/aromatic N) is 4. The first kappa shape index (κ1) is 13.0. The standard InChI is InChI=1S/C12H15N5O2/c1-7(2)19-9-4-8(5-14-6-9)10-15-11(13)17-12(16-10)18-3/h4-7H,1-3H3,(H2,13,15,16,17). The lowest BCUT2D eigenvalue weighted by molar-refractivity contribution is 0.241. The molecule has 2 heterocycles. The number of methoxy groups -OCH3 is 1. The van der Waals surface area contributed by atoms with Crippen LogP contribution in [0.15, 0.2) is 18.5 Å². The van der Waals surface area contributed by atoms with Gasteiger partial charge >= 0.3 is 6.01 Å². The molecular formula is C12H15N5O2. The molecule has 0 aliphatic rings. The van der Waals surface area contributed by atoms with Crippen molar-refractivity contribution in [2.45, 2.75) is 20.0 Å². The van der Waals surface area contributed by atoms with Gasteiger partial charge in [0.05, 0.1) is 19.4 Å². The SMILES string of the molecule is COc1nc(N)nc(-c2cncc(OC(C)C)c2)n1. The van der Waals surface area contributed by atoms with E-state index in [1.54, 1.807) is 18.5 Å². The molecule has 7 nitrogen and oxygen atoms in total. The Morgan fingerprint density at radius 2 is 1.95 bits per heavy atom. The maximum absolute atomic E-state index is 5.60. The van der Waals surface area contributed by atoms with Gasteiger partial charge in [0.2, 0.25) is 5.95 Å². The van der Waals surface area contributed by atoms with Gasteiger partial charge in [-0.1, -0.05) is 0 Å². The molecule has 0 radical (unpaired) electrons. The van der Waals surface area contributed by atoms with Gasteiger partial charge in [-0.3, -0.25) is 4.98 Å². The summed E-state index contributed by atoms with van der Waals surface area (Å²) in [7, 11) is 1.47. The smallest absolute Gasteiger partial charge is 0.321 e. The first-order valence-corrected chi connectivity index (χ1v) is 5.76. The Labute approximate surface area is 110 Å². The van der Waals surface area contributed by atoms with Crippen LogP contribution in [0.5, 0.6) is 11.8 Å². The van der Waals surface area contributed by atoms with Crippen molar-refractivity contribution in [1.82, 2.24) is 19.9 Å². The maximum atomic E-state index is 5.60. The lowest BCUT2D eigenvalue weighted by atomic mass is 10.2. The van der Waals surface area contributed by atoms with Gasteiger partial charge in [-0.05, 0) is 19.9 Å². The van der Waals surface area contributed by atoms with Gasteiger partial charge < -0.3 is 15.2 Å². The number of pyridine rings is 1. The van der Waals surface area contributed by atoms with Crippen LogP contribution < -0.4 is 15.2 Å². The second kappa shape index (κ2) is 5.47. The predicted molar refractivity (Wildman–Crippen MR) is 69.8 cm³/mol. The third kappa shape index (κ3) is 3.27. The molecule has 0 saturated heterocycles. The summed E-state index contributed by atoms with van der Waals surface area (Å²) < 4.78 is 10.5. The summed E-state index contributed by atoms with van der Waals surface area (Å²) in [6.45, 7) is 3.88. The minimum atomic E-state index is 0.0648. The summed E-state index contributed by atoms with van der Waals surface area (Å²) in [6.07, 6.45) is 3.32. The number of ether oxygens (including phenoxy) is 2. The van der Waals surface area contributed by atoms with Crippen molar-refractivity contribution >= 4 is 5.95 Å². The Kier molecular flexibility index (Phi) is 3.74. The average Bonchev–Trinajstić information content (AvgIpc) is 2.37. The van der Waals surface area contributed by atoms with Gasteiger partial charge in [-0.15, -0.1) is 0 Å². The Balaban J connectivity index is 2.38. The number of nitrogen functional groups attached to an aromatic ring is 1. The highest BCUT2D eigenvalue weighted by molar-refractivity contribution is 5.56. The average molecular weight is 261 g/mol. The van der Waals surface area contributed by atoms with E-state index in [2.05, 4.69) is 19.9 Å². The van der Waals surface area contributed by atoms with Gasteiger partial charge in [0.15, 0.2) is 5.82 Å². The van der Waals surface area contributed by atoms with E-state index in [0.29, 0.717) is 17.1 Å². The van der Waals surface area contributed by atoms with Crippen LogP contribution in [0.2, 0.25) is 0 Å². The van der Waals surface area contributed by atoms with Crippen molar-refractivity contribution in [3.63, 3.8) is 0 Å². The Bertz CT molecular complexity index is 574. The van der Waals surface area contributed by atoms with E-state index in [1.165, 1.54) is 7.11 Å². The molecule has 0 aliphatic carbocycles. The van der Waals surface area contributed by atoms with Crippen molar-refractivity contribution in [3.8, 4) is 23.1 Å². The van der Waals surface area contributed by atoms with E-state index < -0.39 is 0 Å². The summed E-state index contributed by atoms with van der Waals surface area (Å²) in [5.41, 5.74) is 6.28. The molecule has 0 aliphatic heterocycles. The predicted octanol–water partition coefficient (Wildman–Crippen LogP) is 1.31. The van der Waals surface area contributed by atoms with E-state index in [9.17, 15) is 0 Å². The molecule has 2 rings (SSSR count). The Morgan fingerprint density at radius 3 is 2.63 bits per heavy atom. The molecule has 0 amide bonds. The van der Waals surface area contributed by atoms with E-state index in [1.807, 2.05) is 13.8 Å². The minimum absolute atomic E-state index is 0.0648. The number of hydrogen-bond donors (Lipinski definition) is 1. The summed E-state index contributed by atoms with van der Waals surface area (Å²) in [6, 6.07) is 1.96. The summed E-state index contributed by atoms with van der Waals surface area (Å²) in [5.74, 6) is 1.13. The maximum Gasteiger partial charge on any atom is 0.321 e. The third-order valence-corrected chi connectivity index (χ3v) is 2.16. The molecule has 0 spiro atoms. The fourth-order valence-corrected chi connectivity index (χ4v) is 1.47. The van der Waals surface area contributed by atoms with Gasteiger partial charge in [0.25, 0.3) is 0 Å². The van der Waals surface area contributed by atoms with E-state index in [4.69, 9.17) is 15.2 Å². The topological polar surface area (TPSA) is 96.0 Å². The minimum Gasteiger partial charge on any atom is -0.489 e. The van der Waals surface area contributed by atoms with E-state index >= 15 is 0 Å². The Hall–Kier alpha value is -2.44. The molecular weight excluding hydrogens is 246 g/mol. The molecule has 0 bridgehead atoms. The molecule has 0 unspecified atom stereocenters. The summed E-state index contributed by atoms with van der Waals surface area (Å²) in [5, 5.41) is 0. The third-order valence-electron chi connectivity index (χ3n) is 2.16. The first-order chi connectivity index (χ1) is 9.08. The molecule has 100 valence electrons. The highest BCUT2D eigenvalue weighted by Gasteiger charge is 2.09. The lowest BCUT2D eigenvalue weighted by Gasteiger charge is -2.10. The zero-order chi connectivity index (χ0) is 13.8. The molecule has 7 heteroatoms. The molecule has 19 heavy (non-hydrogen) atoms. The second-order valence-electron chi connectivity index (χ2n) is 4.08. The summed E-state index contributed by atoms with van der Waals surface area (Å²) in [4.78, 5) is 16.1. The molecule has 2 aromatic rings. The molecule has 0 atom stereocenters. The quantitative estimate of drug-likeness (QED) is 0.886. The molecule has 0 fully saturated rings. The van der Waals surface area contributed by atoms with Crippen molar-refractivity contribution in [2.75, 3.05) is 12.8 Å². The molecule has 2 N–H and O–H groups in total. The molecule has 0 saturated carbocycles. The van der Waals surface area contributed by atoms with E-state index in [0.717, 1.165) is 0 Å². The van der Waals surface area contributed by atoms with Crippen LogP contribution in [0.3, 0.4) is 0 Å². The number of hydrogen-bond acceptors (Lipinski definition) is 7. The van der Waals surface area contributed by atoms with Crippen LogP contribution in [0.1, 0.15) is 13.8 Å². The Morgan fingerprint density at radius 1 is 1.16 bits per heavy atom. The zero-order valence-electron chi connectivity index (χ0n) is 11.0. The second-order valence-corrected chi connectivity index (χ2v) is 4.08. The van der Waals surface area contributed by atoms with Crippen molar-refractivity contribution in [2.24, 2.45) is 0 Å². The van der Waals surface area contributed by atoms with Gasteiger partial charge in [-0.2, -0.15) is 15.0 Å². The van der Waals surface area contributed by atoms with Crippen LogP contribution in [-0.4, -0.2) is 33.1 Å². The van der Waals surface area contributed by atoms with Gasteiger partial charge in [0, 0.05) is 11.8 Å². The fraction of sp³-hybridized carbons (Fsp3) is 0.333. The summed E-state index contributed by atoms with van der Waals surface area (Å²) >= 11 is 0. The number of aromatic nitrogens is 4. The largest absolute Gasteiger partial charge is 0.489 e. The van der Waals surface area contributed by atoms with Crippen LogP contribution in [0.25, 0.3) is 11.4 Å². The monoisotopic (exact) mass is 261 g/mol. The number of anilines is 1. The fourth-order valence-electron chi connectivity index (χ4n) is 1.47. The van der Waals surface area contributed by atoms with Crippen LogP contribution >= 0.6 is 0 Å². The molecule has 2 aromatic heterocycles. The highest BCUT2D eigenvalue weighted by Crippen LogP contribution is 2.21. The van der Waals surface area contributed by atoms with Gasteiger partial charge in [0.1, 0.15) is 5.75 Å². The van der Waals surface area contributed by atoms with Crippen LogP contribution in [0, 0.1) is 0 Å². The zero-order valence-corrected chi connectivity index (χ0v) is 11.0. The van der Waals surface area contributed by atoms with Crippen molar-refractivity contribution < 1.29 is 9.47 Å². The van der Waals surface area contributed by atoms with E-state index in [-0.39, 0.29) is 18.1 Å². The molecule has 0 aromatic carbocycles. The van der Waals surface area contributed by atoms with Crippen molar-refractivity contribution in [1.29, 1.82) is 0 Å². The van der Waals surface area contributed by atoms with Gasteiger partial charge in [-0.25, -0.2) is 0 Å². The van der Waals surface area contributed by atoms with Crippen LogP contribution in [0.4, 0.5) is 5.95 Å². The highest BCUT2D eigenvalue weighted by atomic mass is 16.5.